The number of hydrogen-bond donors (Lipinski definition) is 1. The summed E-state index contributed by atoms with van der Waals surface area (Å²) < 4.78 is 6.20. The number of rotatable bonds is 3. The van der Waals surface area contributed by atoms with E-state index in [1.165, 1.54) is 10.3 Å². The van der Waals surface area contributed by atoms with Crippen LogP contribution in [-0.2, 0) is 4.79 Å². The normalized spacial score (nSPS) is 17.8. The summed E-state index contributed by atoms with van der Waals surface area (Å²) in [6.45, 7) is 5.51. The highest BCUT2D eigenvalue weighted by molar-refractivity contribution is 7.22. The maximum atomic E-state index is 12.5. The maximum absolute atomic E-state index is 12.5. The third kappa shape index (κ3) is 3.37. The van der Waals surface area contributed by atoms with Crippen molar-refractivity contribution in [1.82, 2.24) is 10.1 Å². The van der Waals surface area contributed by atoms with E-state index < -0.39 is 0 Å². The second-order valence-electron chi connectivity index (χ2n) is 6.56. The largest absolute Gasteiger partial charge is 0.360 e. The van der Waals surface area contributed by atoms with Gasteiger partial charge in [-0.05, 0) is 44.4 Å². The summed E-state index contributed by atoms with van der Waals surface area (Å²) in [5.41, 5.74) is 2.26. The third-order valence-corrected chi connectivity index (χ3v) is 5.55. The quantitative estimate of drug-likeness (QED) is 0.774. The standard InChI is InChI=1S/C18H20N4O2S/c1-11-5-6-14-15(8-11)25-18(19-14)22-7-3-4-13(10-22)17(23)20-16-9-12(2)24-21-16/h5-6,8-9,13H,3-4,7,10H2,1-2H3,(H,20,21,23). The fraction of sp³-hybridized carbons (Fsp3) is 0.389. The number of carbonyl (C=O) groups is 1. The number of nitrogens with zero attached hydrogens (tertiary/aromatic N) is 3. The zero-order chi connectivity index (χ0) is 17.4. The van der Waals surface area contributed by atoms with Gasteiger partial charge in [-0.25, -0.2) is 4.98 Å². The van der Waals surface area contributed by atoms with Gasteiger partial charge in [0.2, 0.25) is 5.91 Å². The molecule has 0 saturated carbocycles. The van der Waals surface area contributed by atoms with Crippen LogP contribution in [0.5, 0.6) is 0 Å². The summed E-state index contributed by atoms with van der Waals surface area (Å²) in [5.74, 6) is 1.09. The van der Waals surface area contributed by atoms with E-state index >= 15 is 0 Å². The molecule has 7 heteroatoms. The molecule has 6 nitrogen and oxygen atoms in total. The summed E-state index contributed by atoms with van der Waals surface area (Å²) in [7, 11) is 0. The fourth-order valence-corrected chi connectivity index (χ4v) is 4.27. The van der Waals surface area contributed by atoms with Gasteiger partial charge in [0.05, 0.1) is 16.1 Å². The van der Waals surface area contributed by atoms with E-state index in [9.17, 15) is 4.79 Å². The minimum atomic E-state index is -0.0699. The average Bonchev–Trinajstić information content (AvgIpc) is 3.20. The zero-order valence-corrected chi connectivity index (χ0v) is 15.1. The highest BCUT2D eigenvalue weighted by Crippen LogP contribution is 2.32. The van der Waals surface area contributed by atoms with Crippen LogP contribution in [0.15, 0.2) is 28.8 Å². The van der Waals surface area contributed by atoms with Crippen LogP contribution in [-0.4, -0.2) is 29.1 Å². The number of nitrogens with one attached hydrogen (secondary N) is 1. The van der Waals surface area contributed by atoms with Gasteiger partial charge < -0.3 is 14.7 Å². The Morgan fingerprint density at radius 1 is 1.36 bits per heavy atom. The molecule has 2 aromatic heterocycles. The van der Waals surface area contributed by atoms with Crippen LogP contribution in [0.4, 0.5) is 10.9 Å². The topological polar surface area (TPSA) is 71.3 Å². The second-order valence-corrected chi connectivity index (χ2v) is 7.57. The van der Waals surface area contributed by atoms with Gasteiger partial charge in [-0.2, -0.15) is 0 Å². The van der Waals surface area contributed by atoms with Crippen molar-refractivity contribution in [2.75, 3.05) is 23.3 Å². The van der Waals surface area contributed by atoms with E-state index in [1.807, 2.05) is 0 Å². The molecule has 0 bridgehead atoms. The SMILES string of the molecule is Cc1ccc2nc(N3CCCC(C(=O)Nc4cc(C)on4)C3)sc2c1. The maximum Gasteiger partial charge on any atom is 0.230 e. The van der Waals surface area contributed by atoms with Gasteiger partial charge in [-0.3, -0.25) is 4.79 Å². The first-order valence-corrected chi connectivity index (χ1v) is 9.26. The molecule has 25 heavy (non-hydrogen) atoms. The first kappa shape index (κ1) is 16.1. The van der Waals surface area contributed by atoms with E-state index in [-0.39, 0.29) is 11.8 Å². The monoisotopic (exact) mass is 356 g/mol. The lowest BCUT2D eigenvalue weighted by molar-refractivity contribution is -0.120. The number of benzene rings is 1. The van der Waals surface area contributed by atoms with Crippen LogP contribution in [0.1, 0.15) is 24.2 Å². The molecule has 0 radical (unpaired) electrons. The molecule has 130 valence electrons. The van der Waals surface area contributed by atoms with E-state index in [4.69, 9.17) is 9.51 Å². The molecule has 3 aromatic rings. The van der Waals surface area contributed by atoms with Crippen LogP contribution in [0, 0.1) is 19.8 Å². The minimum Gasteiger partial charge on any atom is -0.360 e. The molecule has 1 amide bonds. The Hall–Kier alpha value is -2.41. The van der Waals surface area contributed by atoms with Crippen LogP contribution in [0.25, 0.3) is 10.2 Å². The number of thiazole rings is 1. The van der Waals surface area contributed by atoms with E-state index in [2.05, 4.69) is 40.5 Å². The Morgan fingerprint density at radius 2 is 2.24 bits per heavy atom. The lowest BCUT2D eigenvalue weighted by Crippen LogP contribution is -2.40. The van der Waals surface area contributed by atoms with Gasteiger partial charge >= 0.3 is 0 Å². The van der Waals surface area contributed by atoms with Gasteiger partial charge in [-0.1, -0.05) is 22.6 Å². The Balaban J connectivity index is 1.48. The fourth-order valence-electron chi connectivity index (χ4n) is 3.17. The molecule has 1 unspecified atom stereocenters. The van der Waals surface area contributed by atoms with Crippen molar-refractivity contribution in [3.63, 3.8) is 0 Å². The Morgan fingerprint density at radius 3 is 3.04 bits per heavy atom. The number of hydrogen-bond acceptors (Lipinski definition) is 6. The molecule has 1 aliphatic heterocycles. The average molecular weight is 356 g/mol. The first-order chi connectivity index (χ1) is 12.1. The van der Waals surface area contributed by atoms with Gasteiger partial charge in [0.1, 0.15) is 5.76 Å². The van der Waals surface area contributed by atoms with Crippen LogP contribution in [0.3, 0.4) is 0 Å². The van der Waals surface area contributed by atoms with E-state index in [0.717, 1.165) is 30.0 Å². The molecule has 1 saturated heterocycles. The molecule has 1 aromatic carbocycles. The highest BCUT2D eigenvalue weighted by Gasteiger charge is 2.28. The summed E-state index contributed by atoms with van der Waals surface area (Å²) in [6.07, 6.45) is 1.86. The van der Waals surface area contributed by atoms with Crippen LogP contribution < -0.4 is 10.2 Å². The number of anilines is 2. The van der Waals surface area contributed by atoms with Crippen molar-refractivity contribution in [3.05, 3.63) is 35.6 Å². The number of carbonyl (C=O) groups excluding carboxylic acids is 1. The molecule has 4 rings (SSSR count). The summed E-state index contributed by atoms with van der Waals surface area (Å²) in [4.78, 5) is 19.5. The third-order valence-electron chi connectivity index (χ3n) is 4.47. The van der Waals surface area contributed by atoms with Gasteiger partial charge in [-0.15, -0.1) is 0 Å². The molecule has 0 spiro atoms. The molecule has 1 fully saturated rings. The van der Waals surface area contributed by atoms with Crippen LogP contribution >= 0.6 is 11.3 Å². The molecular formula is C18H20N4O2S. The number of aryl methyl sites for hydroxylation is 2. The molecule has 1 N–H and O–H groups in total. The summed E-state index contributed by atoms with van der Waals surface area (Å²) >= 11 is 1.69. The Kier molecular flexibility index (Phi) is 4.17. The summed E-state index contributed by atoms with van der Waals surface area (Å²) in [5, 5.41) is 7.68. The molecule has 3 heterocycles. The summed E-state index contributed by atoms with van der Waals surface area (Å²) in [6, 6.07) is 8.04. The molecule has 1 aliphatic rings. The van der Waals surface area contributed by atoms with Crippen molar-refractivity contribution in [3.8, 4) is 0 Å². The zero-order valence-electron chi connectivity index (χ0n) is 14.3. The molecule has 1 atom stereocenters. The predicted molar refractivity (Wildman–Crippen MR) is 99.2 cm³/mol. The van der Waals surface area contributed by atoms with Crippen molar-refractivity contribution in [1.29, 1.82) is 0 Å². The van der Waals surface area contributed by atoms with Crippen molar-refractivity contribution in [2.24, 2.45) is 5.92 Å². The van der Waals surface area contributed by atoms with Crippen molar-refractivity contribution in [2.45, 2.75) is 26.7 Å². The second kappa shape index (κ2) is 6.48. The molecule has 0 aliphatic carbocycles. The number of piperidine rings is 1. The van der Waals surface area contributed by atoms with Crippen LogP contribution in [0.2, 0.25) is 0 Å². The smallest absolute Gasteiger partial charge is 0.230 e. The van der Waals surface area contributed by atoms with Gasteiger partial charge in [0.15, 0.2) is 10.9 Å². The van der Waals surface area contributed by atoms with Crippen molar-refractivity contribution >= 4 is 38.4 Å². The van der Waals surface area contributed by atoms with E-state index in [0.29, 0.717) is 18.1 Å². The highest BCUT2D eigenvalue weighted by atomic mass is 32.1. The van der Waals surface area contributed by atoms with Gasteiger partial charge in [0, 0.05) is 19.2 Å². The Labute approximate surface area is 149 Å². The van der Waals surface area contributed by atoms with Gasteiger partial charge in [0.25, 0.3) is 0 Å². The molecular weight excluding hydrogens is 336 g/mol. The predicted octanol–water partition coefficient (Wildman–Crippen LogP) is 3.76. The Bertz CT molecular complexity index is 917. The first-order valence-electron chi connectivity index (χ1n) is 8.45. The lowest BCUT2D eigenvalue weighted by Gasteiger charge is -2.31. The van der Waals surface area contributed by atoms with Crippen molar-refractivity contribution < 1.29 is 9.32 Å². The number of fused-ring (bicyclic) bond motifs is 1. The van der Waals surface area contributed by atoms with E-state index in [1.54, 1.807) is 24.3 Å². The lowest BCUT2D eigenvalue weighted by atomic mass is 9.97. The number of aromatic nitrogens is 2. The minimum absolute atomic E-state index is 0.00467. The number of amides is 1.